The second kappa shape index (κ2) is 7.74. The zero-order chi connectivity index (χ0) is 15.9. The van der Waals surface area contributed by atoms with Gasteiger partial charge in [0.1, 0.15) is 5.82 Å². The van der Waals surface area contributed by atoms with Gasteiger partial charge in [-0.05, 0) is 36.4 Å². The predicted octanol–water partition coefficient (Wildman–Crippen LogP) is 4.19. The van der Waals surface area contributed by atoms with E-state index in [1.807, 2.05) is 0 Å². The monoisotopic (exact) mass is 326 g/mol. The Hall–Kier alpha value is -2.15. The van der Waals surface area contributed by atoms with Gasteiger partial charge in [-0.3, -0.25) is 4.79 Å². The summed E-state index contributed by atoms with van der Waals surface area (Å²) in [4.78, 5) is 12.1. The molecule has 0 unspecified atom stereocenters. The van der Waals surface area contributed by atoms with Crippen molar-refractivity contribution in [2.75, 3.05) is 17.2 Å². The van der Waals surface area contributed by atoms with Crippen LogP contribution in [0.4, 0.5) is 24.5 Å². The molecular formula is C15H13F3N2OS. The smallest absolute Gasteiger partial charge is 0.288 e. The lowest BCUT2D eigenvalue weighted by Crippen LogP contribution is -2.22. The lowest BCUT2D eigenvalue weighted by Gasteiger charge is -2.11. The normalized spacial score (nSPS) is 10.5. The Labute approximate surface area is 129 Å². The van der Waals surface area contributed by atoms with E-state index in [2.05, 4.69) is 10.6 Å². The van der Waals surface area contributed by atoms with Crippen LogP contribution in [0, 0.1) is 5.82 Å². The van der Waals surface area contributed by atoms with Gasteiger partial charge in [0.05, 0.1) is 12.2 Å². The summed E-state index contributed by atoms with van der Waals surface area (Å²) in [6.45, 7) is -0.0562. The number of rotatable bonds is 6. The Morgan fingerprint density at radius 3 is 2.45 bits per heavy atom. The van der Waals surface area contributed by atoms with Crippen molar-refractivity contribution in [3.63, 3.8) is 0 Å². The fraction of sp³-hybridized carbons (Fsp3) is 0.133. The van der Waals surface area contributed by atoms with Crippen molar-refractivity contribution in [3.05, 3.63) is 54.3 Å². The number of carbonyl (C=O) groups excluding carboxylic acids is 1. The second-order valence-electron chi connectivity index (χ2n) is 4.28. The molecule has 2 rings (SSSR count). The number of nitrogens with one attached hydrogen (secondary N) is 2. The highest BCUT2D eigenvalue weighted by atomic mass is 32.2. The number of hydrogen-bond acceptors (Lipinski definition) is 3. The van der Waals surface area contributed by atoms with Crippen LogP contribution in [0.3, 0.4) is 0 Å². The summed E-state index contributed by atoms with van der Waals surface area (Å²) >= 11 is 0.373. The van der Waals surface area contributed by atoms with Gasteiger partial charge >= 0.3 is 0 Å². The van der Waals surface area contributed by atoms with E-state index in [1.54, 1.807) is 18.2 Å². The van der Waals surface area contributed by atoms with Gasteiger partial charge in [0.15, 0.2) is 0 Å². The molecule has 0 saturated heterocycles. The van der Waals surface area contributed by atoms with Gasteiger partial charge < -0.3 is 10.6 Å². The lowest BCUT2D eigenvalue weighted by atomic mass is 10.3. The number of benzene rings is 2. The third kappa shape index (κ3) is 5.00. The Bertz CT molecular complexity index is 635. The number of hydrogen-bond donors (Lipinski definition) is 2. The molecule has 0 radical (unpaired) electrons. The Kier molecular flexibility index (Phi) is 5.71. The zero-order valence-electron chi connectivity index (χ0n) is 11.4. The largest absolute Gasteiger partial charge is 0.376 e. The van der Waals surface area contributed by atoms with E-state index in [0.29, 0.717) is 28.0 Å². The molecule has 22 heavy (non-hydrogen) atoms. The van der Waals surface area contributed by atoms with Crippen LogP contribution in [0.25, 0.3) is 0 Å². The molecule has 0 aliphatic heterocycles. The van der Waals surface area contributed by atoms with Crippen LogP contribution in [0.15, 0.2) is 53.4 Å². The van der Waals surface area contributed by atoms with Crippen molar-refractivity contribution in [1.82, 2.24) is 0 Å². The standard InChI is InChI=1S/C15H13F3N2OS/c16-10-5-7-11(8-6-10)19-9-14(21)20-12-3-1-2-4-13(12)22-15(17)18/h1-8,15,19H,9H2,(H,20,21). The first-order valence-corrected chi connectivity index (χ1v) is 7.25. The molecule has 0 aliphatic carbocycles. The van der Waals surface area contributed by atoms with E-state index in [4.69, 9.17) is 0 Å². The molecule has 116 valence electrons. The molecule has 2 aromatic rings. The highest BCUT2D eigenvalue weighted by molar-refractivity contribution is 7.99. The second-order valence-corrected chi connectivity index (χ2v) is 5.32. The average molecular weight is 326 g/mol. The van der Waals surface area contributed by atoms with Crippen LogP contribution < -0.4 is 10.6 Å². The molecule has 0 spiro atoms. The van der Waals surface area contributed by atoms with Crippen molar-refractivity contribution in [1.29, 1.82) is 0 Å². The molecule has 2 aromatic carbocycles. The van der Waals surface area contributed by atoms with E-state index in [1.165, 1.54) is 30.3 Å². The SMILES string of the molecule is O=C(CNc1ccc(F)cc1)Nc1ccccc1SC(F)F. The van der Waals surface area contributed by atoms with Gasteiger partial charge in [-0.25, -0.2) is 4.39 Å². The first kappa shape index (κ1) is 16.2. The van der Waals surface area contributed by atoms with Crippen molar-refractivity contribution in [2.45, 2.75) is 10.7 Å². The summed E-state index contributed by atoms with van der Waals surface area (Å²) in [6.07, 6.45) is 0. The number of anilines is 2. The summed E-state index contributed by atoms with van der Waals surface area (Å²) in [7, 11) is 0. The highest BCUT2D eigenvalue weighted by Crippen LogP contribution is 2.31. The summed E-state index contributed by atoms with van der Waals surface area (Å²) in [5.41, 5.74) is 0.922. The molecule has 3 nitrogen and oxygen atoms in total. The molecule has 0 bridgehead atoms. The molecule has 0 heterocycles. The molecule has 0 fully saturated rings. The fourth-order valence-electron chi connectivity index (χ4n) is 1.71. The summed E-state index contributed by atoms with van der Waals surface area (Å²) < 4.78 is 37.6. The fourth-order valence-corrected chi connectivity index (χ4v) is 2.31. The first-order valence-electron chi connectivity index (χ1n) is 6.38. The van der Waals surface area contributed by atoms with E-state index in [0.717, 1.165) is 0 Å². The molecule has 1 amide bonds. The number of halogens is 3. The van der Waals surface area contributed by atoms with Crippen LogP contribution >= 0.6 is 11.8 Å². The summed E-state index contributed by atoms with van der Waals surface area (Å²) in [6, 6.07) is 11.9. The summed E-state index contributed by atoms with van der Waals surface area (Å²) in [5.74, 6) is -3.31. The van der Waals surface area contributed by atoms with Gasteiger partial charge in [0, 0.05) is 10.6 Å². The Morgan fingerprint density at radius 2 is 1.77 bits per heavy atom. The van der Waals surface area contributed by atoms with Crippen LogP contribution in [-0.2, 0) is 4.79 Å². The molecular weight excluding hydrogens is 313 g/mol. The third-order valence-corrected chi connectivity index (χ3v) is 3.46. The maximum Gasteiger partial charge on any atom is 0.288 e. The van der Waals surface area contributed by atoms with Crippen molar-refractivity contribution >= 4 is 29.0 Å². The number of para-hydroxylation sites is 1. The van der Waals surface area contributed by atoms with E-state index >= 15 is 0 Å². The van der Waals surface area contributed by atoms with Gasteiger partial charge in [0.2, 0.25) is 5.91 Å². The molecule has 7 heteroatoms. The van der Waals surface area contributed by atoms with Crippen molar-refractivity contribution in [3.8, 4) is 0 Å². The minimum atomic E-state index is -2.56. The molecule has 2 N–H and O–H groups in total. The van der Waals surface area contributed by atoms with Gasteiger partial charge in [-0.15, -0.1) is 0 Å². The van der Waals surface area contributed by atoms with E-state index < -0.39 is 5.76 Å². The third-order valence-electron chi connectivity index (χ3n) is 2.67. The molecule has 0 aromatic heterocycles. The number of amides is 1. The predicted molar refractivity (Wildman–Crippen MR) is 81.8 cm³/mol. The zero-order valence-corrected chi connectivity index (χ0v) is 12.2. The highest BCUT2D eigenvalue weighted by Gasteiger charge is 2.11. The van der Waals surface area contributed by atoms with Gasteiger partial charge in [-0.1, -0.05) is 23.9 Å². The van der Waals surface area contributed by atoms with Gasteiger partial charge in [0.25, 0.3) is 5.76 Å². The van der Waals surface area contributed by atoms with Crippen LogP contribution in [0.1, 0.15) is 0 Å². The Morgan fingerprint density at radius 1 is 1.09 bits per heavy atom. The number of thioether (sulfide) groups is 1. The van der Waals surface area contributed by atoms with Crippen LogP contribution in [0.5, 0.6) is 0 Å². The molecule has 0 saturated carbocycles. The van der Waals surface area contributed by atoms with Crippen LogP contribution in [-0.4, -0.2) is 18.2 Å². The van der Waals surface area contributed by atoms with Gasteiger partial charge in [-0.2, -0.15) is 8.78 Å². The van der Waals surface area contributed by atoms with E-state index in [9.17, 15) is 18.0 Å². The molecule has 0 aliphatic rings. The minimum absolute atomic E-state index is 0.0562. The number of carbonyl (C=O) groups is 1. The number of alkyl halides is 2. The maximum atomic E-state index is 12.8. The van der Waals surface area contributed by atoms with E-state index in [-0.39, 0.29) is 18.3 Å². The maximum absolute atomic E-state index is 12.8. The Balaban J connectivity index is 1.93. The first-order chi connectivity index (χ1) is 10.5. The topological polar surface area (TPSA) is 41.1 Å². The van der Waals surface area contributed by atoms with Crippen molar-refractivity contribution < 1.29 is 18.0 Å². The molecule has 0 atom stereocenters. The van der Waals surface area contributed by atoms with Crippen LogP contribution in [0.2, 0.25) is 0 Å². The average Bonchev–Trinajstić information content (AvgIpc) is 2.48. The quantitative estimate of drug-likeness (QED) is 0.782. The summed E-state index contributed by atoms with van der Waals surface area (Å²) in [5, 5.41) is 5.39. The van der Waals surface area contributed by atoms with Crippen molar-refractivity contribution in [2.24, 2.45) is 0 Å². The lowest BCUT2D eigenvalue weighted by molar-refractivity contribution is -0.114. The minimum Gasteiger partial charge on any atom is -0.376 e.